The first-order valence-corrected chi connectivity index (χ1v) is 6.27. The zero-order valence-electron chi connectivity index (χ0n) is 11.3. The van der Waals surface area contributed by atoms with Crippen LogP contribution in [-0.4, -0.2) is 18.0 Å². The van der Waals surface area contributed by atoms with E-state index in [9.17, 15) is 4.79 Å². The van der Waals surface area contributed by atoms with Crippen LogP contribution in [0.15, 0.2) is 42.6 Å². The zero-order chi connectivity index (χ0) is 14.4. The van der Waals surface area contributed by atoms with Gasteiger partial charge in [-0.15, -0.1) is 0 Å². The third-order valence-corrected chi connectivity index (χ3v) is 2.84. The molecule has 0 saturated carbocycles. The number of methoxy groups -OCH3 is 1. The van der Waals surface area contributed by atoms with Gasteiger partial charge >= 0.3 is 0 Å². The summed E-state index contributed by atoms with van der Waals surface area (Å²) in [4.78, 5) is 14.9. The fourth-order valence-electron chi connectivity index (χ4n) is 1.78. The molecule has 1 amide bonds. The highest BCUT2D eigenvalue weighted by atomic mass is 16.5. The molecule has 0 aliphatic rings. The molecule has 3 N–H and O–H groups in total. The van der Waals surface area contributed by atoms with E-state index in [1.165, 1.54) is 0 Å². The first-order valence-electron chi connectivity index (χ1n) is 6.27. The number of rotatable bonds is 6. The maximum atomic E-state index is 10.8. The van der Waals surface area contributed by atoms with Crippen LogP contribution >= 0.6 is 0 Å². The van der Waals surface area contributed by atoms with Gasteiger partial charge < -0.3 is 15.8 Å². The smallest absolute Gasteiger partial charge is 0.221 e. The van der Waals surface area contributed by atoms with Gasteiger partial charge in [0.2, 0.25) is 11.8 Å². The van der Waals surface area contributed by atoms with Crippen molar-refractivity contribution in [2.24, 2.45) is 5.73 Å². The summed E-state index contributed by atoms with van der Waals surface area (Å²) in [5.41, 5.74) is 8.10. The van der Waals surface area contributed by atoms with Crippen LogP contribution in [0.3, 0.4) is 0 Å². The molecular formula is C15H17N3O2. The normalized spacial score (nSPS) is 10.1. The first-order chi connectivity index (χ1) is 9.67. The molecule has 0 aliphatic carbocycles. The number of primary amides is 1. The predicted molar refractivity (Wildman–Crippen MR) is 77.5 cm³/mol. The number of anilines is 1. The van der Waals surface area contributed by atoms with Crippen LogP contribution in [0.4, 0.5) is 5.69 Å². The number of hydrogen-bond acceptors (Lipinski definition) is 4. The van der Waals surface area contributed by atoms with Crippen molar-refractivity contribution in [1.29, 1.82) is 0 Å². The van der Waals surface area contributed by atoms with Gasteiger partial charge in [0.25, 0.3) is 0 Å². The summed E-state index contributed by atoms with van der Waals surface area (Å²) in [6.45, 7) is 0.673. The lowest BCUT2D eigenvalue weighted by Gasteiger charge is -2.07. The molecule has 0 fully saturated rings. The average molecular weight is 271 g/mol. The Bertz CT molecular complexity index is 565. The molecule has 2 aromatic rings. The van der Waals surface area contributed by atoms with E-state index in [2.05, 4.69) is 10.3 Å². The van der Waals surface area contributed by atoms with E-state index in [4.69, 9.17) is 10.5 Å². The molecule has 0 bridgehead atoms. The number of amides is 1. The summed E-state index contributed by atoms with van der Waals surface area (Å²) in [5, 5.41) is 3.28. The van der Waals surface area contributed by atoms with Crippen LogP contribution < -0.4 is 15.8 Å². The number of benzene rings is 1. The Kier molecular flexibility index (Phi) is 4.55. The quantitative estimate of drug-likeness (QED) is 0.838. The number of ether oxygens (including phenoxy) is 1. The van der Waals surface area contributed by atoms with E-state index in [-0.39, 0.29) is 12.3 Å². The van der Waals surface area contributed by atoms with Crippen LogP contribution in [0.1, 0.15) is 11.1 Å². The van der Waals surface area contributed by atoms with Crippen molar-refractivity contribution in [3.8, 4) is 5.88 Å². The van der Waals surface area contributed by atoms with E-state index in [1.54, 1.807) is 13.3 Å². The van der Waals surface area contributed by atoms with Crippen molar-refractivity contribution < 1.29 is 9.53 Å². The fourth-order valence-corrected chi connectivity index (χ4v) is 1.78. The molecule has 20 heavy (non-hydrogen) atoms. The van der Waals surface area contributed by atoms with Gasteiger partial charge in [-0.2, -0.15) is 0 Å². The third kappa shape index (κ3) is 3.98. The Balaban J connectivity index is 1.91. The number of aromatic nitrogens is 1. The Labute approximate surface area is 117 Å². The van der Waals surface area contributed by atoms with Crippen molar-refractivity contribution >= 4 is 11.6 Å². The van der Waals surface area contributed by atoms with Gasteiger partial charge in [0, 0.05) is 24.5 Å². The molecule has 0 spiro atoms. The second-order valence-electron chi connectivity index (χ2n) is 4.40. The van der Waals surface area contributed by atoms with Crippen LogP contribution in [-0.2, 0) is 17.8 Å². The molecule has 0 aliphatic heterocycles. The summed E-state index contributed by atoms with van der Waals surface area (Å²) in [6, 6.07) is 11.4. The predicted octanol–water partition coefficient (Wildman–Crippen LogP) is 1.73. The van der Waals surface area contributed by atoms with Gasteiger partial charge in [-0.3, -0.25) is 4.79 Å². The number of nitrogens with zero attached hydrogens (tertiary/aromatic N) is 1. The first kappa shape index (κ1) is 13.9. The minimum absolute atomic E-state index is 0.267. The SMILES string of the molecule is COc1ccc(CNc2ccc(CC(N)=O)cc2)cn1. The van der Waals surface area contributed by atoms with Gasteiger partial charge in [-0.25, -0.2) is 4.98 Å². The Hall–Kier alpha value is -2.56. The fraction of sp³-hybridized carbons (Fsp3) is 0.200. The second kappa shape index (κ2) is 6.56. The molecule has 0 unspecified atom stereocenters. The molecular weight excluding hydrogens is 254 g/mol. The summed E-state index contributed by atoms with van der Waals surface area (Å²) in [5.74, 6) is 0.277. The standard InChI is InChI=1S/C15H17N3O2/c1-20-15-7-4-12(10-18-15)9-17-13-5-2-11(3-6-13)8-14(16)19/h2-7,10,17H,8-9H2,1H3,(H2,16,19). The van der Waals surface area contributed by atoms with E-state index in [1.807, 2.05) is 36.4 Å². The molecule has 0 radical (unpaired) electrons. The molecule has 0 saturated heterocycles. The van der Waals surface area contributed by atoms with Crippen molar-refractivity contribution in [3.63, 3.8) is 0 Å². The molecule has 2 rings (SSSR count). The lowest BCUT2D eigenvalue weighted by atomic mass is 10.1. The highest BCUT2D eigenvalue weighted by Gasteiger charge is 1.99. The molecule has 0 atom stereocenters. The number of nitrogens with two attached hydrogens (primary N) is 1. The molecule has 1 aromatic carbocycles. The van der Waals surface area contributed by atoms with Crippen LogP contribution in [0.25, 0.3) is 0 Å². The average Bonchev–Trinajstić information content (AvgIpc) is 2.46. The Morgan fingerprint density at radius 2 is 1.90 bits per heavy atom. The van der Waals surface area contributed by atoms with Crippen LogP contribution in [0, 0.1) is 0 Å². The monoisotopic (exact) mass is 271 g/mol. The maximum Gasteiger partial charge on any atom is 0.221 e. The van der Waals surface area contributed by atoms with Crippen molar-refractivity contribution in [1.82, 2.24) is 4.98 Å². The maximum absolute atomic E-state index is 10.8. The van der Waals surface area contributed by atoms with E-state index in [0.29, 0.717) is 12.4 Å². The van der Waals surface area contributed by atoms with E-state index in [0.717, 1.165) is 16.8 Å². The summed E-state index contributed by atoms with van der Waals surface area (Å²) in [6.07, 6.45) is 2.04. The van der Waals surface area contributed by atoms with Crippen LogP contribution in [0.2, 0.25) is 0 Å². The number of carbonyl (C=O) groups excluding carboxylic acids is 1. The topological polar surface area (TPSA) is 77.2 Å². The molecule has 5 nitrogen and oxygen atoms in total. The Morgan fingerprint density at radius 3 is 2.45 bits per heavy atom. The number of carbonyl (C=O) groups is 1. The summed E-state index contributed by atoms with van der Waals surface area (Å²) in [7, 11) is 1.59. The van der Waals surface area contributed by atoms with E-state index < -0.39 is 0 Å². The van der Waals surface area contributed by atoms with Gasteiger partial charge in [-0.1, -0.05) is 18.2 Å². The second-order valence-corrected chi connectivity index (χ2v) is 4.40. The number of nitrogens with one attached hydrogen (secondary N) is 1. The van der Waals surface area contributed by atoms with Crippen LogP contribution in [0.5, 0.6) is 5.88 Å². The minimum Gasteiger partial charge on any atom is -0.481 e. The summed E-state index contributed by atoms with van der Waals surface area (Å²) >= 11 is 0. The molecule has 5 heteroatoms. The molecule has 1 aromatic heterocycles. The number of pyridine rings is 1. The highest BCUT2D eigenvalue weighted by Crippen LogP contribution is 2.12. The third-order valence-electron chi connectivity index (χ3n) is 2.84. The lowest BCUT2D eigenvalue weighted by molar-refractivity contribution is -0.117. The van der Waals surface area contributed by atoms with Gasteiger partial charge in [0.1, 0.15) is 0 Å². The number of hydrogen-bond donors (Lipinski definition) is 2. The highest BCUT2D eigenvalue weighted by molar-refractivity contribution is 5.76. The lowest BCUT2D eigenvalue weighted by Crippen LogP contribution is -2.13. The zero-order valence-corrected chi connectivity index (χ0v) is 11.3. The van der Waals surface area contributed by atoms with Gasteiger partial charge in [-0.05, 0) is 23.3 Å². The van der Waals surface area contributed by atoms with Crippen molar-refractivity contribution in [3.05, 3.63) is 53.7 Å². The molecule has 1 heterocycles. The Morgan fingerprint density at radius 1 is 1.20 bits per heavy atom. The van der Waals surface area contributed by atoms with Crippen molar-refractivity contribution in [2.45, 2.75) is 13.0 Å². The van der Waals surface area contributed by atoms with E-state index >= 15 is 0 Å². The van der Waals surface area contributed by atoms with Crippen molar-refractivity contribution in [2.75, 3.05) is 12.4 Å². The largest absolute Gasteiger partial charge is 0.481 e. The summed E-state index contributed by atoms with van der Waals surface area (Å²) < 4.78 is 5.01. The minimum atomic E-state index is -0.324. The van der Waals surface area contributed by atoms with Gasteiger partial charge in [0.15, 0.2) is 0 Å². The van der Waals surface area contributed by atoms with Gasteiger partial charge in [0.05, 0.1) is 13.5 Å². The molecule has 104 valence electrons.